The third-order valence-electron chi connectivity index (χ3n) is 3.56. The van der Waals surface area contributed by atoms with E-state index in [1.165, 1.54) is 17.7 Å². The first-order valence-corrected chi connectivity index (χ1v) is 7.80. The smallest absolute Gasteiger partial charge is 0.337 e. The number of aryl methyl sites for hydroxylation is 1. The minimum atomic E-state index is -1.24. The van der Waals surface area contributed by atoms with Gasteiger partial charge in [0.15, 0.2) is 0 Å². The molecule has 5 nitrogen and oxygen atoms in total. The molecule has 2 aromatic rings. The highest BCUT2D eigenvalue weighted by molar-refractivity contribution is 6.36. The van der Waals surface area contributed by atoms with Gasteiger partial charge in [-0.3, -0.25) is 4.99 Å². The van der Waals surface area contributed by atoms with Crippen molar-refractivity contribution in [3.63, 3.8) is 0 Å². The van der Waals surface area contributed by atoms with Gasteiger partial charge >= 0.3 is 11.9 Å². The lowest BCUT2D eigenvalue weighted by Crippen LogP contribution is -2.06. The minimum Gasteiger partial charge on any atom is -0.478 e. The molecule has 0 radical (unpaired) electrons. The van der Waals surface area contributed by atoms with E-state index in [0.29, 0.717) is 5.56 Å². The van der Waals surface area contributed by atoms with Gasteiger partial charge in [-0.1, -0.05) is 54.1 Å². The molecule has 6 heteroatoms. The van der Waals surface area contributed by atoms with Crippen molar-refractivity contribution in [1.29, 1.82) is 0 Å². The quantitative estimate of drug-likeness (QED) is 0.851. The van der Waals surface area contributed by atoms with Crippen LogP contribution in [-0.4, -0.2) is 28.4 Å². The molecule has 0 aliphatic carbocycles. The van der Waals surface area contributed by atoms with Crippen LogP contribution in [0.3, 0.4) is 0 Å². The molecule has 25 heavy (non-hydrogen) atoms. The Morgan fingerprint density at radius 3 is 2.24 bits per heavy atom. The van der Waals surface area contributed by atoms with Gasteiger partial charge in [-0.05, 0) is 30.2 Å². The lowest BCUT2D eigenvalue weighted by atomic mass is 10.1. The molecule has 3 rings (SSSR count). The first-order valence-electron chi connectivity index (χ1n) is 7.42. The van der Waals surface area contributed by atoms with Crippen molar-refractivity contribution in [1.82, 2.24) is 0 Å². The maximum atomic E-state index is 10.7. The first-order chi connectivity index (χ1) is 11.9. The highest BCUT2D eigenvalue weighted by atomic mass is 35.5. The molecule has 2 N–H and O–H groups in total. The van der Waals surface area contributed by atoms with E-state index >= 15 is 0 Å². The van der Waals surface area contributed by atoms with Crippen molar-refractivity contribution < 1.29 is 19.8 Å². The molecule has 128 valence electrons. The minimum absolute atomic E-state index is 0.161. The average molecular weight is 358 g/mol. The topological polar surface area (TPSA) is 87.0 Å². The van der Waals surface area contributed by atoms with Crippen molar-refractivity contribution in [2.45, 2.75) is 13.0 Å². The summed E-state index contributed by atoms with van der Waals surface area (Å²) < 4.78 is 0. The molecule has 0 amide bonds. The fraction of sp³-hybridized carbons (Fsp3) is 0.105. The van der Waals surface area contributed by atoms with Crippen molar-refractivity contribution in [3.8, 4) is 0 Å². The van der Waals surface area contributed by atoms with Gasteiger partial charge in [0.2, 0.25) is 0 Å². The van der Waals surface area contributed by atoms with Crippen LogP contribution < -0.4 is 0 Å². The summed E-state index contributed by atoms with van der Waals surface area (Å²) in [5.74, 6) is -2.46. The van der Waals surface area contributed by atoms with Crippen LogP contribution in [0, 0.1) is 6.92 Å². The maximum absolute atomic E-state index is 10.7. The van der Waals surface area contributed by atoms with Crippen LogP contribution in [-0.2, 0) is 0 Å². The van der Waals surface area contributed by atoms with E-state index in [2.05, 4.69) is 23.2 Å². The number of carboxylic acid groups (broad SMARTS) is 2. The van der Waals surface area contributed by atoms with Gasteiger partial charge in [0.1, 0.15) is 0 Å². The number of carboxylic acids is 2. The van der Waals surface area contributed by atoms with Crippen molar-refractivity contribution in [2.24, 2.45) is 4.99 Å². The molecule has 0 fully saturated rings. The van der Waals surface area contributed by atoms with Gasteiger partial charge in [-0.2, -0.15) is 0 Å². The molecule has 0 saturated carbocycles. The summed E-state index contributed by atoms with van der Waals surface area (Å²) in [5.41, 5.74) is 1.34. The third kappa shape index (κ3) is 4.55. The van der Waals surface area contributed by atoms with E-state index in [0.717, 1.165) is 0 Å². The van der Waals surface area contributed by atoms with Crippen molar-refractivity contribution in [2.75, 3.05) is 0 Å². The Morgan fingerprint density at radius 1 is 1.04 bits per heavy atom. The molecule has 2 aromatic carbocycles. The van der Waals surface area contributed by atoms with Gasteiger partial charge in [0.25, 0.3) is 0 Å². The maximum Gasteiger partial charge on any atom is 0.337 e. The molecule has 1 aliphatic rings. The normalized spacial score (nSPS) is 14.7. The van der Waals surface area contributed by atoms with Gasteiger partial charge in [0, 0.05) is 6.21 Å². The van der Waals surface area contributed by atoms with Crippen molar-refractivity contribution >= 4 is 29.8 Å². The van der Waals surface area contributed by atoms with Crippen LogP contribution in [0.2, 0.25) is 5.02 Å². The third-order valence-corrected chi connectivity index (χ3v) is 3.95. The number of benzene rings is 2. The number of nitrogens with zero attached hydrogens (tertiary/aromatic N) is 1. The summed E-state index contributed by atoms with van der Waals surface area (Å²) in [6.07, 6.45) is 5.92. The Bertz CT molecular complexity index is 832. The summed E-state index contributed by atoms with van der Waals surface area (Å²) in [6.45, 7) is 1.56. The molecule has 1 unspecified atom stereocenters. The molecule has 0 saturated heterocycles. The van der Waals surface area contributed by atoms with Crippen LogP contribution in [0.15, 0.2) is 59.6 Å². The van der Waals surface area contributed by atoms with Crippen LogP contribution in [0.5, 0.6) is 0 Å². The van der Waals surface area contributed by atoms with E-state index in [4.69, 9.17) is 21.8 Å². The molecule has 0 spiro atoms. The Labute approximate surface area is 149 Å². The SMILES string of the molecule is C1=CC(c2ccccc2)N=C1.Cc1ccc(C(=O)O)c(Cl)c1C(=O)O. The largest absolute Gasteiger partial charge is 0.478 e. The summed E-state index contributed by atoms with van der Waals surface area (Å²) in [4.78, 5) is 25.6. The molecular formula is C19H16ClNO4. The molecule has 1 atom stereocenters. The molecular weight excluding hydrogens is 342 g/mol. The van der Waals surface area contributed by atoms with Crippen molar-refractivity contribution in [3.05, 3.63) is 81.9 Å². The number of hydrogen-bond acceptors (Lipinski definition) is 3. The molecule has 1 heterocycles. The summed E-state index contributed by atoms with van der Waals surface area (Å²) in [6, 6.07) is 13.2. The fourth-order valence-corrected chi connectivity index (χ4v) is 2.67. The Hall–Kier alpha value is -2.92. The number of hydrogen-bond donors (Lipinski definition) is 2. The lowest BCUT2D eigenvalue weighted by molar-refractivity contribution is 0.0695. The predicted octanol–water partition coefficient (Wildman–Crippen LogP) is 4.41. The van der Waals surface area contributed by atoms with Crippen LogP contribution >= 0.6 is 11.6 Å². The van der Waals surface area contributed by atoms with E-state index in [-0.39, 0.29) is 22.2 Å². The molecule has 1 aliphatic heterocycles. The Balaban J connectivity index is 0.000000185. The van der Waals surface area contributed by atoms with Gasteiger partial charge in [0.05, 0.1) is 22.2 Å². The number of aliphatic imine (C=N–C) groups is 1. The summed E-state index contributed by atoms with van der Waals surface area (Å²) in [7, 11) is 0. The zero-order valence-electron chi connectivity index (χ0n) is 13.4. The summed E-state index contributed by atoms with van der Waals surface area (Å²) >= 11 is 5.64. The second-order valence-corrected chi connectivity index (χ2v) is 5.65. The van der Waals surface area contributed by atoms with Crippen LogP contribution in [0.1, 0.15) is 37.9 Å². The molecule has 0 aromatic heterocycles. The van der Waals surface area contributed by atoms with Gasteiger partial charge < -0.3 is 10.2 Å². The lowest BCUT2D eigenvalue weighted by Gasteiger charge is -2.05. The standard InChI is InChI=1S/C10H9N.C9H7ClO4/c1-2-5-9(6-3-1)10-7-4-8-11-10;1-4-2-3-5(8(11)12)7(10)6(4)9(13)14/h1-8,10H;2-3H,1H3,(H,11,12)(H,13,14). The fourth-order valence-electron chi connectivity index (χ4n) is 2.29. The van der Waals surface area contributed by atoms with E-state index in [9.17, 15) is 9.59 Å². The van der Waals surface area contributed by atoms with E-state index in [1.807, 2.05) is 30.5 Å². The monoisotopic (exact) mass is 357 g/mol. The predicted molar refractivity (Wildman–Crippen MR) is 96.9 cm³/mol. The first kappa shape index (κ1) is 18.4. The zero-order chi connectivity index (χ0) is 18.4. The van der Waals surface area contributed by atoms with Crippen LogP contribution in [0.4, 0.5) is 0 Å². The second kappa shape index (κ2) is 8.26. The van der Waals surface area contributed by atoms with E-state index in [1.54, 1.807) is 6.92 Å². The van der Waals surface area contributed by atoms with Gasteiger partial charge in [-0.25, -0.2) is 9.59 Å². The number of allylic oxidation sites excluding steroid dienone is 1. The number of rotatable bonds is 3. The van der Waals surface area contributed by atoms with Crippen LogP contribution in [0.25, 0.3) is 0 Å². The second-order valence-electron chi connectivity index (χ2n) is 5.27. The molecule has 0 bridgehead atoms. The average Bonchev–Trinajstić information content (AvgIpc) is 3.10. The zero-order valence-corrected chi connectivity index (χ0v) is 14.1. The Kier molecular flexibility index (Phi) is 6.08. The highest BCUT2D eigenvalue weighted by Crippen LogP contribution is 2.24. The number of halogens is 1. The Morgan fingerprint density at radius 2 is 1.72 bits per heavy atom. The number of aromatic carboxylic acids is 2. The van der Waals surface area contributed by atoms with E-state index < -0.39 is 11.9 Å². The summed E-state index contributed by atoms with van der Waals surface area (Å²) in [5, 5.41) is 17.2. The highest BCUT2D eigenvalue weighted by Gasteiger charge is 2.18. The number of carbonyl (C=O) groups is 2. The van der Waals surface area contributed by atoms with Gasteiger partial charge in [-0.15, -0.1) is 0 Å².